The van der Waals surface area contributed by atoms with E-state index in [4.69, 9.17) is 4.98 Å². The van der Waals surface area contributed by atoms with Gasteiger partial charge in [0.2, 0.25) is 0 Å². The molecule has 0 aliphatic carbocycles. The largest absolute Gasteiger partial charge is 0.376 e. The van der Waals surface area contributed by atoms with Crippen LogP contribution in [0.4, 0.5) is 10.1 Å². The number of hydrogen-bond donors (Lipinski definition) is 2. The number of anilines is 1. The summed E-state index contributed by atoms with van der Waals surface area (Å²) in [5, 5.41) is 7.37. The van der Waals surface area contributed by atoms with E-state index in [1.807, 2.05) is 49.3 Å². The molecule has 2 N–H and O–H groups in total. The molecular formula is C24H18FN9. The number of halogens is 1. The first kappa shape index (κ1) is 19.9. The fraction of sp³-hybridized carbons (Fsp3) is 0.0833. The SMILES string of the molecule is CN(C)c1cncc(-c2cnc3[nH]nc(-c4nc5c(-c6ccccn6)ccnc5[nH]4)c3c2F)c1. The van der Waals surface area contributed by atoms with Crippen LogP contribution < -0.4 is 4.90 Å². The second kappa shape index (κ2) is 7.69. The summed E-state index contributed by atoms with van der Waals surface area (Å²) in [4.78, 5) is 27.2. The Morgan fingerprint density at radius 1 is 0.912 bits per heavy atom. The number of nitrogens with zero attached hydrogens (tertiary/aromatic N) is 7. The van der Waals surface area contributed by atoms with E-state index in [9.17, 15) is 0 Å². The van der Waals surface area contributed by atoms with Gasteiger partial charge < -0.3 is 9.88 Å². The third-order valence-electron chi connectivity index (χ3n) is 5.63. The minimum absolute atomic E-state index is 0.242. The van der Waals surface area contributed by atoms with Crippen molar-refractivity contribution in [3.63, 3.8) is 0 Å². The molecule has 0 aromatic carbocycles. The number of nitrogens with one attached hydrogen (secondary N) is 2. The van der Waals surface area contributed by atoms with Crippen LogP contribution in [-0.4, -0.2) is 54.2 Å². The van der Waals surface area contributed by atoms with Crippen LogP contribution in [0.15, 0.2) is 61.3 Å². The second-order valence-electron chi connectivity index (χ2n) is 7.96. The molecule has 10 heteroatoms. The van der Waals surface area contributed by atoms with Gasteiger partial charge in [-0.25, -0.2) is 19.3 Å². The lowest BCUT2D eigenvalue weighted by Gasteiger charge is -2.13. The van der Waals surface area contributed by atoms with Gasteiger partial charge in [0.25, 0.3) is 0 Å². The highest BCUT2D eigenvalue weighted by atomic mass is 19.1. The summed E-state index contributed by atoms with van der Waals surface area (Å²) >= 11 is 0. The van der Waals surface area contributed by atoms with Crippen molar-refractivity contribution >= 4 is 27.9 Å². The average molecular weight is 451 g/mol. The Hall–Kier alpha value is -4.73. The molecular weight excluding hydrogens is 433 g/mol. The van der Waals surface area contributed by atoms with Crippen molar-refractivity contribution in [3.05, 3.63) is 67.1 Å². The van der Waals surface area contributed by atoms with Crippen molar-refractivity contribution in [2.45, 2.75) is 0 Å². The van der Waals surface area contributed by atoms with Crippen LogP contribution in [0, 0.1) is 5.82 Å². The topological polar surface area (TPSA) is 112 Å². The van der Waals surface area contributed by atoms with Gasteiger partial charge in [0, 0.05) is 55.6 Å². The Kier molecular flexibility index (Phi) is 4.51. The van der Waals surface area contributed by atoms with Crippen LogP contribution in [0.3, 0.4) is 0 Å². The summed E-state index contributed by atoms with van der Waals surface area (Å²) in [5.41, 5.74) is 5.22. The zero-order chi connectivity index (χ0) is 23.2. The number of pyridine rings is 4. The number of imidazole rings is 1. The van der Waals surface area contributed by atoms with E-state index in [0.29, 0.717) is 39.5 Å². The molecule has 6 aromatic rings. The molecule has 34 heavy (non-hydrogen) atoms. The Bertz CT molecular complexity index is 1650. The molecule has 0 radical (unpaired) electrons. The highest BCUT2D eigenvalue weighted by Gasteiger charge is 2.21. The summed E-state index contributed by atoms with van der Waals surface area (Å²) in [5.74, 6) is -0.0695. The normalized spacial score (nSPS) is 11.4. The maximum atomic E-state index is 15.9. The summed E-state index contributed by atoms with van der Waals surface area (Å²) in [6, 6.07) is 9.38. The van der Waals surface area contributed by atoms with E-state index in [2.05, 4.69) is 35.1 Å². The van der Waals surface area contributed by atoms with Gasteiger partial charge in [-0.15, -0.1) is 0 Å². The summed E-state index contributed by atoms with van der Waals surface area (Å²) in [7, 11) is 3.81. The minimum atomic E-state index is -0.454. The fourth-order valence-electron chi connectivity index (χ4n) is 3.90. The van der Waals surface area contributed by atoms with Gasteiger partial charge >= 0.3 is 0 Å². The Morgan fingerprint density at radius 2 is 1.82 bits per heavy atom. The minimum Gasteiger partial charge on any atom is -0.376 e. The number of hydrogen-bond acceptors (Lipinski definition) is 7. The monoisotopic (exact) mass is 451 g/mol. The first-order valence-corrected chi connectivity index (χ1v) is 10.5. The third-order valence-corrected chi connectivity index (χ3v) is 5.63. The highest BCUT2D eigenvalue weighted by Crippen LogP contribution is 2.34. The number of rotatable bonds is 4. The van der Waals surface area contributed by atoms with E-state index >= 15 is 4.39 Å². The molecule has 0 fully saturated rings. The van der Waals surface area contributed by atoms with Gasteiger partial charge in [-0.3, -0.25) is 15.1 Å². The van der Waals surface area contributed by atoms with E-state index < -0.39 is 5.82 Å². The van der Waals surface area contributed by atoms with E-state index in [-0.39, 0.29) is 5.39 Å². The predicted molar refractivity (Wildman–Crippen MR) is 128 cm³/mol. The third kappa shape index (κ3) is 3.15. The first-order valence-electron chi connectivity index (χ1n) is 10.5. The van der Waals surface area contributed by atoms with Gasteiger partial charge in [0.1, 0.15) is 17.0 Å². The van der Waals surface area contributed by atoms with Crippen LogP contribution in [0.25, 0.3) is 56.1 Å². The van der Waals surface area contributed by atoms with Crippen molar-refractivity contribution < 1.29 is 4.39 Å². The Balaban J connectivity index is 1.52. The lowest BCUT2D eigenvalue weighted by atomic mass is 10.1. The standard InChI is InChI=1S/C24H18FN9/c1-34(2)14-9-13(10-26-11-14)16-12-29-22-18(19(16)25)21(32-33-22)24-30-20-15(6-8-28-23(20)31-24)17-5-3-4-7-27-17/h3-12H,1-2H3,(H,28,30,31)(H,29,32,33). The highest BCUT2D eigenvalue weighted by molar-refractivity contribution is 5.96. The lowest BCUT2D eigenvalue weighted by molar-refractivity contribution is 0.642. The van der Waals surface area contributed by atoms with Crippen LogP contribution in [0.5, 0.6) is 0 Å². The Morgan fingerprint density at radius 3 is 2.65 bits per heavy atom. The van der Waals surface area contributed by atoms with Gasteiger partial charge in [0.15, 0.2) is 17.1 Å². The summed E-state index contributed by atoms with van der Waals surface area (Å²) in [6.45, 7) is 0. The maximum Gasteiger partial charge on any atom is 0.161 e. The van der Waals surface area contributed by atoms with E-state index in [1.165, 1.54) is 6.20 Å². The summed E-state index contributed by atoms with van der Waals surface area (Å²) < 4.78 is 15.9. The molecule has 6 aromatic heterocycles. The summed E-state index contributed by atoms with van der Waals surface area (Å²) in [6.07, 6.45) is 8.22. The van der Waals surface area contributed by atoms with Crippen LogP contribution in [-0.2, 0) is 0 Å². The number of H-pyrrole nitrogens is 2. The smallest absolute Gasteiger partial charge is 0.161 e. The van der Waals surface area contributed by atoms with Gasteiger partial charge in [-0.05, 0) is 24.3 Å². The molecule has 0 saturated heterocycles. The average Bonchev–Trinajstić information content (AvgIpc) is 3.49. The van der Waals surface area contributed by atoms with Gasteiger partial charge in [-0.1, -0.05) is 6.07 Å². The molecule has 0 atom stereocenters. The zero-order valence-electron chi connectivity index (χ0n) is 18.3. The quantitative estimate of drug-likeness (QED) is 0.413. The molecule has 0 aliphatic heterocycles. The maximum absolute atomic E-state index is 15.9. The van der Waals surface area contributed by atoms with Crippen molar-refractivity contribution in [2.75, 3.05) is 19.0 Å². The van der Waals surface area contributed by atoms with E-state index in [1.54, 1.807) is 24.8 Å². The molecule has 0 amide bonds. The van der Waals surface area contributed by atoms with Crippen LogP contribution in [0.2, 0.25) is 0 Å². The molecule has 0 spiro atoms. The molecule has 6 rings (SSSR count). The van der Waals surface area contributed by atoms with Crippen molar-refractivity contribution in [1.82, 2.24) is 40.1 Å². The van der Waals surface area contributed by atoms with Crippen molar-refractivity contribution in [3.8, 4) is 33.9 Å². The number of aromatic amines is 2. The van der Waals surface area contributed by atoms with Crippen molar-refractivity contribution in [2.24, 2.45) is 0 Å². The van der Waals surface area contributed by atoms with Crippen LogP contribution in [0.1, 0.15) is 0 Å². The zero-order valence-corrected chi connectivity index (χ0v) is 18.3. The Labute approximate surface area is 192 Å². The number of fused-ring (bicyclic) bond motifs is 2. The van der Waals surface area contributed by atoms with Gasteiger partial charge in [0.05, 0.1) is 23.0 Å². The van der Waals surface area contributed by atoms with Gasteiger partial charge in [-0.2, -0.15) is 5.10 Å². The molecule has 9 nitrogen and oxygen atoms in total. The van der Waals surface area contributed by atoms with Crippen molar-refractivity contribution in [1.29, 1.82) is 0 Å². The lowest BCUT2D eigenvalue weighted by Crippen LogP contribution is -2.08. The molecule has 0 aliphatic rings. The molecule has 0 saturated carbocycles. The molecule has 0 bridgehead atoms. The molecule has 0 unspecified atom stereocenters. The van der Waals surface area contributed by atoms with E-state index in [0.717, 1.165) is 16.9 Å². The first-order chi connectivity index (χ1) is 16.6. The predicted octanol–water partition coefficient (Wildman–Crippen LogP) is 4.23. The molecule has 166 valence electrons. The second-order valence-corrected chi connectivity index (χ2v) is 7.96. The number of aromatic nitrogens is 8. The fourth-order valence-corrected chi connectivity index (χ4v) is 3.90. The van der Waals surface area contributed by atoms with Crippen LogP contribution >= 0.6 is 0 Å². The molecule has 6 heterocycles.